The van der Waals surface area contributed by atoms with E-state index in [0.717, 1.165) is 16.8 Å². The fourth-order valence-corrected chi connectivity index (χ4v) is 2.21. The molecule has 0 aliphatic heterocycles. The number of anilines is 1. The minimum absolute atomic E-state index is 0.247. The van der Waals surface area contributed by atoms with Gasteiger partial charge in [0.05, 0.1) is 11.6 Å². The molecule has 0 spiro atoms. The molecule has 0 saturated heterocycles. The van der Waals surface area contributed by atoms with Crippen molar-refractivity contribution in [2.75, 3.05) is 12.4 Å². The Morgan fingerprint density at radius 1 is 1.15 bits per heavy atom. The lowest BCUT2D eigenvalue weighted by atomic mass is 9.99. The van der Waals surface area contributed by atoms with Gasteiger partial charge in [0, 0.05) is 12.7 Å². The number of H-pyrrole nitrogens is 1. The number of nitrogens with one attached hydrogen (secondary N) is 2. The first-order chi connectivity index (χ1) is 9.67. The summed E-state index contributed by atoms with van der Waals surface area (Å²) in [6, 6.07) is 13.2. The number of oxazole rings is 1. The fraction of sp³-hybridized carbons (Fsp3) is 0.133. The molecule has 0 saturated carbocycles. The summed E-state index contributed by atoms with van der Waals surface area (Å²) in [4.78, 5) is 13.8. The molecule has 2 aromatic carbocycles. The van der Waals surface area contributed by atoms with Crippen LogP contribution < -0.4 is 16.8 Å². The van der Waals surface area contributed by atoms with Crippen molar-refractivity contribution in [3.63, 3.8) is 0 Å². The Labute approximate surface area is 115 Å². The lowest BCUT2D eigenvalue weighted by Crippen LogP contribution is -2.11. The van der Waals surface area contributed by atoms with E-state index in [4.69, 9.17) is 10.2 Å². The van der Waals surface area contributed by atoms with E-state index in [1.807, 2.05) is 43.4 Å². The summed E-state index contributed by atoms with van der Waals surface area (Å²) in [5, 5.41) is 3.07. The molecule has 0 aliphatic rings. The molecule has 5 nitrogen and oxygen atoms in total. The van der Waals surface area contributed by atoms with Gasteiger partial charge in [-0.3, -0.25) is 4.98 Å². The topological polar surface area (TPSA) is 84.0 Å². The average molecular weight is 269 g/mol. The molecule has 102 valence electrons. The molecule has 0 fully saturated rings. The number of benzene rings is 2. The van der Waals surface area contributed by atoms with Crippen LogP contribution in [0.15, 0.2) is 51.7 Å². The van der Waals surface area contributed by atoms with Crippen molar-refractivity contribution in [1.82, 2.24) is 4.98 Å². The quantitative estimate of drug-likeness (QED) is 0.680. The predicted molar refractivity (Wildman–Crippen MR) is 78.9 cm³/mol. The number of fused-ring (bicyclic) bond motifs is 1. The zero-order valence-corrected chi connectivity index (χ0v) is 11.0. The van der Waals surface area contributed by atoms with E-state index >= 15 is 0 Å². The normalized spacial score (nSPS) is 12.5. The van der Waals surface area contributed by atoms with Crippen molar-refractivity contribution in [3.8, 4) is 0 Å². The van der Waals surface area contributed by atoms with Gasteiger partial charge in [0.25, 0.3) is 0 Å². The summed E-state index contributed by atoms with van der Waals surface area (Å²) in [6.45, 7) is 0. The summed E-state index contributed by atoms with van der Waals surface area (Å²) in [7, 11) is 1.87. The summed E-state index contributed by atoms with van der Waals surface area (Å²) in [5.74, 6) is -0.455. The van der Waals surface area contributed by atoms with Crippen LogP contribution in [-0.4, -0.2) is 12.0 Å². The number of hydrogen-bond donors (Lipinski definition) is 3. The molecule has 20 heavy (non-hydrogen) atoms. The van der Waals surface area contributed by atoms with Crippen LogP contribution in [0.25, 0.3) is 11.1 Å². The lowest BCUT2D eigenvalue weighted by Gasteiger charge is -2.13. The molecule has 3 aromatic rings. The number of rotatable bonds is 3. The summed E-state index contributed by atoms with van der Waals surface area (Å²) in [5.41, 5.74) is 10.4. The maximum absolute atomic E-state index is 11.2. The van der Waals surface area contributed by atoms with Crippen molar-refractivity contribution in [1.29, 1.82) is 0 Å². The van der Waals surface area contributed by atoms with E-state index in [-0.39, 0.29) is 6.04 Å². The molecule has 0 radical (unpaired) electrons. The van der Waals surface area contributed by atoms with E-state index in [9.17, 15) is 4.79 Å². The van der Waals surface area contributed by atoms with Crippen molar-refractivity contribution in [2.45, 2.75) is 6.04 Å². The van der Waals surface area contributed by atoms with Crippen LogP contribution >= 0.6 is 0 Å². The third-order valence-corrected chi connectivity index (χ3v) is 3.36. The van der Waals surface area contributed by atoms with Gasteiger partial charge in [-0.2, -0.15) is 0 Å². The Bertz CT molecular complexity index is 787. The highest BCUT2D eigenvalue weighted by Gasteiger charge is 2.11. The molecular weight excluding hydrogens is 254 g/mol. The third-order valence-electron chi connectivity index (χ3n) is 3.36. The van der Waals surface area contributed by atoms with Gasteiger partial charge < -0.3 is 15.5 Å². The number of aromatic nitrogens is 1. The molecule has 5 heteroatoms. The first kappa shape index (κ1) is 12.5. The van der Waals surface area contributed by atoms with Crippen molar-refractivity contribution in [3.05, 3.63) is 64.1 Å². The van der Waals surface area contributed by atoms with E-state index in [0.29, 0.717) is 11.1 Å². The van der Waals surface area contributed by atoms with Gasteiger partial charge in [0.1, 0.15) is 0 Å². The maximum Gasteiger partial charge on any atom is 0.417 e. The van der Waals surface area contributed by atoms with Gasteiger partial charge in [-0.15, -0.1) is 0 Å². The SMILES string of the molecule is CNc1ccc(C(N)c2ccc3oc(=O)[nH]c3c2)cc1. The van der Waals surface area contributed by atoms with Gasteiger partial charge in [0.15, 0.2) is 5.58 Å². The molecule has 1 atom stereocenters. The van der Waals surface area contributed by atoms with E-state index in [1.165, 1.54) is 0 Å². The highest BCUT2D eigenvalue weighted by Crippen LogP contribution is 2.23. The average Bonchev–Trinajstić information content (AvgIpc) is 2.85. The Morgan fingerprint density at radius 2 is 1.85 bits per heavy atom. The van der Waals surface area contributed by atoms with Crippen molar-refractivity contribution >= 4 is 16.8 Å². The van der Waals surface area contributed by atoms with Crippen LogP contribution in [0, 0.1) is 0 Å². The fourth-order valence-electron chi connectivity index (χ4n) is 2.21. The molecular formula is C15H15N3O2. The molecule has 1 aromatic heterocycles. The van der Waals surface area contributed by atoms with Crippen LogP contribution in [0.4, 0.5) is 5.69 Å². The third kappa shape index (κ3) is 2.19. The second-order valence-electron chi connectivity index (χ2n) is 4.62. The molecule has 1 unspecified atom stereocenters. The molecule has 0 aliphatic carbocycles. The predicted octanol–water partition coefficient (Wildman–Crippen LogP) is 2.21. The summed E-state index contributed by atoms with van der Waals surface area (Å²) >= 11 is 0. The smallest absolute Gasteiger partial charge is 0.408 e. The Morgan fingerprint density at radius 3 is 2.55 bits per heavy atom. The van der Waals surface area contributed by atoms with E-state index in [1.54, 1.807) is 6.07 Å². The first-order valence-electron chi connectivity index (χ1n) is 6.33. The van der Waals surface area contributed by atoms with Crippen LogP contribution in [0.2, 0.25) is 0 Å². The minimum atomic E-state index is -0.455. The van der Waals surface area contributed by atoms with Crippen LogP contribution in [-0.2, 0) is 0 Å². The minimum Gasteiger partial charge on any atom is -0.408 e. The van der Waals surface area contributed by atoms with Gasteiger partial charge in [-0.05, 0) is 35.4 Å². The molecule has 3 rings (SSSR count). The zero-order valence-electron chi connectivity index (χ0n) is 11.0. The van der Waals surface area contributed by atoms with Gasteiger partial charge in [0.2, 0.25) is 0 Å². The maximum atomic E-state index is 11.2. The van der Waals surface area contributed by atoms with E-state index in [2.05, 4.69) is 10.3 Å². The van der Waals surface area contributed by atoms with Crippen LogP contribution in [0.5, 0.6) is 0 Å². The van der Waals surface area contributed by atoms with Gasteiger partial charge in [-0.25, -0.2) is 4.79 Å². The number of nitrogens with two attached hydrogens (primary N) is 1. The summed E-state index contributed by atoms with van der Waals surface area (Å²) < 4.78 is 4.98. The monoisotopic (exact) mass is 269 g/mol. The highest BCUT2D eigenvalue weighted by atomic mass is 16.4. The molecule has 4 N–H and O–H groups in total. The Kier molecular flexibility index (Phi) is 3.04. The van der Waals surface area contributed by atoms with Gasteiger partial charge >= 0.3 is 5.76 Å². The molecule has 0 bridgehead atoms. The zero-order chi connectivity index (χ0) is 14.1. The highest BCUT2D eigenvalue weighted by molar-refractivity contribution is 5.73. The summed E-state index contributed by atoms with van der Waals surface area (Å²) in [6.07, 6.45) is 0. The lowest BCUT2D eigenvalue weighted by molar-refractivity contribution is 0.555. The first-order valence-corrected chi connectivity index (χ1v) is 6.33. The molecule has 0 amide bonds. The number of hydrogen-bond acceptors (Lipinski definition) is 4. The Balaban J connectivity index is 1.97. The standard InChI is InChI=1S/C15H15N3O2/c1-17-11-5-2-9(3-6-11)14(16)10-4-7-13-12(8-10)18-15(19)20-13/h2-8,14,17H,16H2,1H3,(H,18,19). The van der Waals surface area contributed by atoms with Gasteiger partial charge in [-0.1, -0.05) is 18.2 Å². The molecule has 1 heterocycles. The second kappa shape index (κ2) is 4.86. The van der Waals surface area contributed by atoms with Crippen LogP contribution in [0.1, 0.15) is 17.2 Å². The second-order valence-corrected chi connectivity index (χ2v) is 4.62. The van der Waals surface area contributed by atoms with Crippen molar-refractivity contribution in [2.24, 2.45) is 5.73 Å². The number of aromatic amines is 1. The largest absolute Gasteiger partial charge is 0.417 e. The van der Waals surface area contributed by atoms with E-state index < -0.39 is 5.76 Å². The van der Waals surface area contributed by atoms with Crippen molar-refractivity contribution < 1.29 is 4.42 Å². The Hall–Kier alpha value is -2.53. The van der Waals surface area contributed by atoms with Crippen LogP contribution in [0.3, 0.4) is 0 Å².